The van der Waals surface area contributed by atoms with Gasteiger partial charge in [-0.05, 0) is 12.8 Å². The van der Waals surface area contributed by atoms with Gasteiger partial charge in [-0.1, -0.05) is 0 Å². The zero-order chi connectivity index (χ0) is 6.15. The molecule has 0 spiro atoms. The second kappa shape index (κ2) is 1.86. The van der Waals surface area contributed by atoms with Gasteiger partial charge >= 0.3 is 0 Å². The summed E-state index contributed by atoms with van der Waals surface area (Å²) in [5.41, 5.74) is 5.51. The Hall–Kier alpha value is -0.370. The van der Waals surface area contributed by atoms with Crippen LogP contribution in [-0.4, -0.2) is 11.8 Å². The molecule has 1 unspecified atom stereocenters. The predicted molar refractivity (Wildman–Crippen MR) is 31.4 cm³/mol. The van der Waals surface area contributed by atoms with E-state index in [1.54, 1.807) is 0 Å². The zero-order valence-corrected chi connectivity index (χ0v) is 5.05. The molecule has 46 valence electrons. The Kier molecular flexibility index (Phi) is 1.34. The van der Waals surface area contributed by atoms with Crippen LogP contribution in [-0.2, 0) is 4.79 Å². The summed E-state index contributed by atoms with van der Waals surface area (Å²) in [7, 11) is 0. The fraction of sp³-hybridized carbons (Fsp3) is 0.833. The van der Waals surface area contributed by atoms with Gasteiger partial charge in [0.1, 0.15) is 5.78 Å². The SMILES string of the molecule is CC(N)C1CC(=O)C1. The van der Waals surface area contributed by atoms with E-state index >= 15 is 0 Å². The van der Waals surface area contributed by atoms with Gasteiger partial charge in [-0.25, -0.2) is 0 Å². The van der Waals surface area contributed by atoms with Crippen LogP contribution >= 0.6 is 0 Å². The van der Waals surface area contributed by atoms with Crippen molar-refractivity contribution in [3.8, 4) is 0 Å². The monoisotopic (exact) mass is 113 g/mol. The normalized spacial score (nSPS) is 25.0. The molecule has 1 rings (SSSR count). The molecule has 1 aliphatic rings. The fourth-order valence-corrected chi connectivity index (χ4v) is 0.897. The van der Waals surface area contributed by atoms with E-state index in [-0.39, 0.29) is 6.04 Å². The number of Topliss-reactive ketones (excluding diaryl/α,β-unsaturated/α-hetero) is 1. The average Bonchev–Trinajstić information content (AvgIpc) is 1.57. The van der Waals surface area contributed by atoms with Crippen LogP contribution in [0, 0.1) is 5.92 Å². The van der Waals surface area contributed by atoms with Gasteiger partial charge in [0.05, 0.1) is 0 Å². The largest absolute Gasteiger partial charge is 0.328 e. The number of carbonyl (C=O) groups excluding carboxylic acids is 1. The third-order valence-electron chi connectivity index (χ3n) is 1.72. The Labute approximate surface area is 49.1 Å². The van der Waals surface area contributed by atoms with Crippen molar-refractivity contribution in [1.29, 1.82) is 0 Å². The van der Waals surface area contributed by atoms with Crippen LogP contribution in [0.5, 0.6) is 0 Å². The molecule has 0 heterocycles. The Balaban J connectivity index is 2.25. The van der Waals surface area contributed by atoms with Crippen molar-refractivity contribution in [2.45, 2.75) is 25.8 Å². The molecule has 1 aliphatic carbocycles. The van der Waals surface area contributed by atoms with Gasteiger partial charge in [-0.3, -0.25) is 4.79 Å². The third-order valence-corrected chi connectivity index (χ3v) is 1.72. The number of hydrogen-bond acceptors (Lipinski definition) is 2. The standard InChI is InChI=1S/C6H11NO/c1-4(7)5-2-6(8)3-5/h4-5H,2-3,7H2,1H3. The average molecular weight is 113 g/mol. The number of nitrogens with two attached hydrogens (primary N) is 1. The maximum atomic E-state index is 10.4. The van der Waals surface area contributed by atoms with Crippen molar-refractivity contribution >= 4 is 5.78 Å². The predicted octanol–water partition coefficient (Wildman–Crippen LogP) is 0.313. The molecular formula is C6H11NO. The van der Waals surface area contributed by atoms with E-state index in [2.05, 4.69) is 0 Å². The van der Waals surface area contributed by atoms with E-state index in [1.807, 2.05) is 6.92 Å². The minimum atomic E-state index is 0.215. The van der Waals surface area contributed by atoms with Gasteiger partial charge in [0.15, 0.2) is 0 Å². The lowest BCUT2D eigenvalue weighted by Crippen LogP contribution is -2.37. The second-order valence-electron chi connectivity index (χ2n) is 2.57. The molecule has 0 saturated heterocycles. The maximum Gasteiger partial charge on any atom is 0.133 e. The van der Waals surface area contributed by atoms with Crippen LogP contribution in [0.3, 0.4) is 0 Å². The van der Waals surface area contributed by atoms with Crippen LogP contribution in [0.4, 0.5) is 0 Å². The molecule has 0 aliphatic heterocycles. The van der Waals surface area contributed by atoms with Crippen LogP contribution in [0.2, 0.25) is 0 Å². The zero-order valence-electron chi connectivity index (χ0n) is 5.05. The van der Waals surface area contributed by atoms with Gasteiger partial charge in [0.2, 0.25) is 0 Å². The van der Waals surface area contributed by atoms with Crippen molar-refractivity contribution in [2.24, 2.45) is 11.7 Å². The lowest BCUT2D eigenvalue weighted by atomic mass is 9.80. The summed E-state index contributed by atoms with van der Waals surface area (Å²) in [6, 6.07) is 0.215. The Morgan fingerprint density at radius 1 is 1.75 bits per heavy atom. The number of rotatable bonds is 1. The second-order valence-corrected chi connectivity index (χ2v) is 2.57. The molecule has 0 aromatic carbocycles. The van der Waals surface area contributed by atoms with Crippen LogP contribution < -0.4 is 5.73 Å². The highest BCUT2D eigenvalue weighted by molar-refractivity contribution is 5.84. The summed E-state index contributed by atoms with van der Waals surface area (Å²) in [6.07, 6.45) is 1.44. The Bertz CT molecular complexity index is 101. The van der Waals surface area contributed by atoms with E-state index in [4.69, 9.17) is 5.73 Å². The summed E-state index contributed by atoms with van der Waals surface area (Å²) in [5.74, 6) is 0.856. The molecule has 0 amide bonds. The van der Waals surface area contributed by atoms with Gasteiger partial charge in [-0.2, -0.15) is 0 Å². The molecule has 1 atom stereocenters. The molecule has 0 bridgehead atoms. The molecule has 1 saturated carbocycles. The molecule has 0 radical (unpaired) electrons. The molecule has 1 fully saturated rings. The molecule has 0 aromatic rings. The summed E-state index contributed by atoms with van der Waals surface area (Å²) >= 11 is 0. The highest BCUT2D eigenvalue weighted by Gasteiger charge is 2.28. The van der Waals surface area contributed by atoms with E-state index in [1.165, 1.54) is 0 Å². The van der Waals surface area contributed by atoms with Gasteiger partial charge < -0.3 is 5.73 Å². The molecule has 2 N–H and O–H groups in total. The summed E-state index contributed by atoms with van der Waals surface area (Å²) in [6.45, 7) is 1.96. The molecule has 8 heavy (non-hydrogen) atoms. The Morgan fingerprint density at radius 3 is 2.38 bits per heavy atom. The first-order valence-corrected chi connectivity index (χ1v) is 2.97. The molecule has 2 nitrogen and oxygen atoms in total. The summed E-state index contributed by atoms with van der Waals surface area (Å²) in [5, 5.41) is 0. The van der Waals surface area contributed by atoms with Crippen molar-refractivity contribution in [3.63, 3.8) is 0 Å². The first-order valence-electron chi connectivity index (χ1n) is 2.97. The summed E-state index contributed by atoms with van der Waals surface area (Å²) in [4.78, 5) is 10.4. The van der Waals surface area contributed by atoms with Gasteiger partial charge in [-0.15, -0.1) is 0 Å². The van der Waals surface area contributed by atoms with Crippen molar-refractivity contribution in [1.82, 2.24) is 0 Å². The van der Waals surface area contributed by atoms with E-state index < -0.39 is 0 Å². The smallest absolute Gasteiger partial charge is 0.133 e. The Morgan fingerprint density at radius 2 is 2.25 bits per heavy atom. The van der Waals surface area contributed by atoms with Crippen molar-refractivity contribution in [2.75, 3.05) is 0 Å². The molecule has 2 heteroatoms. The lowest BCUT2D eigenvalue weighted by molar-refractivity contribution is -0.127. The first-order chi connectivity index (χ1) is 3.70. The van der Waals surface area contributed by atoms with Crippen molar-refractivity contribution in [3.05, 3.63) is 0 Å². The maximum absolute atomic E-state index is 10.4. The van der Waals surface area contributed by atoms with E-state index in [0.717, 1.165) is 12.8 Å². The summed E-state index contributed by atoms with van der Waals surface area (Å²) < 4.78 is 0. The van der Waals surface area contributed by atoms with E-state index in [9.17, 15) is 4.79 Å². The fourth-order valence-electron chi connectivity index (χ4n) is 0.897. The highest BCUT2D eigenvalue weighted by Crippen LogP contribution is 2.24. The number of ketones is 1. The first kappa shape index (κ1) is 5.76. The van der Waals surface area contributed by atoms with Gasteiger partial charge in [0.25, 0.3) is 0 Å². The topological polar surface area (TPSA) is 43.1 Å². The minimum Gasteiger partial charge on any atom is -0.328 e. The highest BCUT2D eigenvalue weighted by atomic mass is 16.1. The van der Waals surface area contributed by atoms with E-state index in [0.29, 0.717) is 11.7 Å². The third kappa shape index (κ3) is 0.892. The van der Waals surface area contributed by atoms with Crippen LogP contribution in [0.1, 0.15) is 19.8 Å². The van der Waals surface area contributed by atoms with Crippen molar-refractivity contribution < 1.29 is 4.79 Å². The lowest BCUT2D eigenvalue weighted by Gasteiger charge is -2.27. The number of hydrogen-bond donors (Lipinski definition) is 1. The van der Waals surface area contributed by atoms with Crippen LogP contribution in [0.15, 0.2) is 0 Å². The van der Waals surface area contributed by atoms with Crippen LogP contribution in [0.25, 0.3) is 0 Å². The quantitative estimate of drug-likeness (QED) is 0.532. The molecular weight excluding hydrogens is 102 g/mol. The molecule has 0 aromatic heterocycles. The minimum absolute atomic E-state index is 0.215. The number of carbonyl (C=O) groups is 1. The van der Waals surface area contributed by atoms with Gasteiger partial charge in [0, 0.05) is 18.9 Å².